The average molecular weight is 344 g/mol. The Morgan fingerprint density at radius 3 is 2.58 bits per heavy atom. The summed E-state index contributed by atoms with van der Waals surface area (Å²) in [7, 11) is 1.45. The number of nitrogens with one attached hydrogen (secondary N) is 2. The molecule has 7 heteroatoms. The topological polar surface area (TPSA) is 50.4 Å². The van der Waals surface area contributed by atoms with Crippen molar-refractivity contribution in [3.05, 3.63) is 23.8 Å². The van der Waals surface area contributed by atoms with Crippen molar-refractivity contribution < 1.29 is 22.7 Å². The Morgan fingerprint density at radius 2 is 1.96 bits per heavy atom. The minimum absolute atomic E-state index is 0.133. The normalized spacial score (nSPS) is 15.8. The SMILES string of the molecule is COc1ccc(CCC(F)(F)F)cc1NC(=O)NC1CCCCC1. The molecule has 0 saturated heterocycles. The van der Waals surface area contributed by atoms with Gasteiger partial charge in [-0.3, -0.25) is 0 Å². The van der Waals surface area contributed by atoms with Crippen LogP contribution in [-0.4, -0.2) is 25.4 Å². The lowest BCUT2D eigenvalue weighted by atomic mass is 9.96. The Labute approximate surface area is 139 Å². The molecule has 24 heavy (non-hydrogen) atoms. The van der Waals surface area contributed by atoms with Gasteiger partial charge in [-0.15, -0.1) is 0 Å². The lowest BCUT2D eigenvalue weighted by molar-refractivity contribution is -0.133. The molecule has 0 aliphatic heterocycles. The van der Waals surface area contributed by atoms with Crippen molar-refractivity contribution in [2.45, 2.75) is 57.2 Å². The van der Waals surface area contributed by atoms with E-state index >= 15 is 0 Å². The van der Waals surface area contributed by atoms with Gasteiger partial charge in [0.2, 0.25) is 0 Å². The molecular weight excluding hydrogens is 321 g/mol. The molecule has 0 radical (unpaired) electrons. The molecule has 2 amide bonds. The van der Waals surface area contributed by atoms with E-state index in [0.717, 1.165) is 25.7 Å². The van der Waals surface area contributed by atoms with E-state index in [4.69, 9.17) is 4.74 Å². The lowest BCUT2D eigenvalue weighted by Crippen LogP contribution is -2.39. The van der Waals surface area contributed by atoms with Gasteiger partial charge in [0.05, 0.1) is 12.8 Å². The van der Waals surface area contributed by atoms with E-state index in [-0.39, 0.29) is 18.5 Å². The lowest BCUT2D eigenvalue weighted by Gasteiger charge is -2.23. The minimum atomic E-state index is -4.20. The van der Waals surface area contributed by atoms with Crippen LogP contribution in [0.1, 0.15) is 44.1 Å². The summed E-state index contributed by atoms with van der Waals surface area (Å²) in [5, 5.41) is 5.60. The Balaban J connectivity index is 1.99. The quantitative estimate of drug-likeness (QED) is 0.817. The van der Waals surface area contributed by atoms with Gasteiger partial charge in [0, 0.05) is 12.5 Å². The van der Waals surface area contributed by atoms with E-state index < -0.39 is 12.6 Å². The predicted octanol–water partition coefficient (Wildman–Crippen LogP) is 4.64. The van der Waals surface area contributed by atoms with Crippen LogP contribution in [0.3, 0.4) is 0 Å². The van der Waals surface area contributed by atoms with Crippen LogP contribution in [-0.2, 0) is 6.42 Å². The number of methoxy groups -OCH3 is 1. The van der Waals surface area contributed by atoms with Gasteiger partial charge in [-0.25, -0.2) is 4.79 Å². The van der Waals surface area contributed by atoms with Gasteiger partial charge in [-0.05, 0) is 37.0 Å². The van der Waals surface area contributed by atoms with Crippen molar-refractivity contribution in [2.24, 2.45) is 0 Å². The summed E-state index contributed by atoms with van der Waals surface area (Å²) < 4.78 is 42.2. The molecule has 0 bridgehead atoms. The first-order chi connectivity index (χ1) is 11.4. The summed E-state index contributed by atoms with van der Waals surface area (Å²) in [5.74, 6) is 0.421. The third kappa shape index (κ3) is 5.94. The summed E-state index contributed by atoms with van der Waals surface area (Å²) in [6, 6.07) is 4.48. The van der Waals surface area contributed by atoms with Crippen LogP contribution in [0.2, 0.25) is 0 Å². The van der Waals surface area contributed by atoms with Crippen molar-refractivity contribution in [1.82, 2.24) is 5.32 Å². The van der Waals surface area contributed by atoms with E-state index in [1.807, 2.05) is 0 Å². The van der Waals surface area contributed by atoms with Crippen molar-refractivity contribution in [2.75, 3.05) is 12.4 Å². The number of anilines is 1. The first-order valence-corrected chi connectivity index (χ1v) is 8.18. The molecule has 0 unspecified atom stereocenters. The van der Waals surface area contributed by atoms with Gasteiger partial charge in [0.25, 0.3) is 0 Å². The number of urea groups is 1. The summed E-state index contributed by atoms with van der Waals surface area (Å²) in [4.78, 5) is 12.1. The van der Waals surface area contributed by atoms with E-state index in [1.165, 1.54) is 19.6 Å². The van der Waals surface area contributed by atoms with Crippen molar-refractivity contribution in [3.8, 4) is 5.75 Å². The second-order valence-corrected chi connectivity index (χ2v) is 6.08. The number of alkyl halides is 3. The molecule has 1 saturated carbocycles. The van der Waals surface area contributed by atoms with E-state index in [2.05, 4.69) is 10.6 Å². The molecule has 0 aromatic heterocycles. The summed E-state index contributed by atoms with van der Waals surface area (Å²) >= 11 is 0. The highest BCUT2D eigenvalue weighted by Crippen LogP contribution is 2.28. The van der Waals surface area contributed by atoms with Crippen LogP contribution in [0.4, 0.5) is 23.7 Å². The smallest absolute Gasteiger partial charge is 0.389 e. The Morgan fingerprint density at radius 1 is 1.25 bits per heavy atom. The molecule has 1 aromatic rings. The summed E-state index contributed by atoms with van der Waals surface area (Å²) in [6.45, 7) is 0. The van der Waals surface area contributed by atoms with Gasteiger partial charge in [0.1, 0.15) is 5.75 Å². The number of rotatable bonds is 5. The van der Waals surface area contributed by atoms with Crippen molar-refractivity contribution >= 4 is 11.7 Å². The second kappa shape index (κ2) is 8.26. The molecule has 4 nitrogen and oxygen atoms in total. The zero-order valence-corrected chi connectivity index (χ0v) is 13.7. The van der Waals surface area contributed by atoms with Gasteiger partial charge in [-0.1, -0.05) is 25.3 Å². The van der Waals surface area contributed by atoms with Crippen LogP contribution in [0.25, 0.3) is 0 Å². The van der Waals surface area contributed by atoms with Gasteiger partial charge >= 0.3 is 12.2 Å². The highest BCUT2D eigenvalue weighted by Gasteiger charge is 2.26. The molecule has 1 aliphatic carbocycles. The van der Waals surface area contributed by atoms with Crippen LogP contribution in [0.15, 0.2) is 18.2 Å². The van der Waals surface area contributed by atoms with Gasteiger partial charge in [-0.2, -0.15) is 13.2 Å². The number of carbonyl (C=O) groups excluding carboxylic acids is 1. The van der Waals surface area contributed by atoms with Crippen LogP contribution < -0.4 is 15.4 Å². The maximum absolute atomic E-state index is 12.4. The van der Waals surface area contributed by atoms with Crippen LogP contribution in [0.5, 0.6) is 5.75 Å². The Bertz CT molecular complexity index is 555. The number of carbonyl (C=O) groups is 1. The fraction of sp³-hybridized carbons (Fsp3) is 0.588. The molecule has 1 aliphatic rings. The second-order valence-electron chi connectivity index (χ2n) is 6.08. The summed E-state index contributed by atoms with van der Waals surface area (Å²) in [6.07, 6.45) is 0.0644. The first-order valence-electron chi connectivity index (χ1n) is 8.18. The maximum Gasteiger partial charge on any atom is 0.389 e. The van der Waals surface area contributed by atoms with Crippen LogP contribution in [0, 0.1) is 0 Å². The number of amides is 2. The monoisotopic (exact) mass is 344 g/mol. The molecular formula is C17H23F3N2O2. The first kappa shape index (κ1) is 18.4. The molecule has 2 N–H and O–H groups in total. The molecule has 0 spiro atoms. The zero-order chi connectivity index (χ0) is 17.6. The van der Waals surface area contributed by atoms with Crippen molar-refractivity contribution in [1.29, 1.82) is 0 Å². The van der Waals surface area contributed by atoms with Crippen LogP contribution >= 0.6 is 0 Å². The van der Waals surface area contributed by atoms with Crippen molar-refractivity contribution in [3.63, 3.8) is 0 Å². The van der Waals surface area contributed by atoms with E-state index in [0.29, 0.717) is 17.0 Å². The average Bonchev–Trinajstić information content (AvgIpc) is 2.53. The number of aryl methyl sites for hydroxylation is 1. The number of benzene rings is 1. The highest BCUT2D eigenvalue weighted by atomic mass is 19.4. The standard InChI is InChI=1S/C17H23F3N2O2/c1-24-15-8-7-12(9-10-17(18,19)20)11-14(15)22-16(23)21-13-5-3-2-4-6-13/h7-8,11,13H,2-6,9-10H2,1H3,(H2,21,22,23). The molecule has 134 valence electrons. The van der Waals surface area contributed by atoms with Gasteiger partial charge < -0.3 is 15.4 Å². The van der Waals surface area contributed by atoms with Gasteiger partial charge in [0.15, 0.2) is 0 Å². The summed E-state index contributed by atoms with van der Waals surface area (Å²) in [5.41, 5.74) is 0.881. The number of hydrogen-bond acceptors (Lipinski definition) is 2. The Hall–Kier alpha value is -1.92. The molecule has 2 rings (SSSR count). The zero-order valence-electron chi connectivity index (χ0n) is 13.7. The molecule has 1 aromatic carbocycles. The largest absolute Gasteiger partial charge is 0.495 e. The predicted molar refractivity (Wildman–Crippen MR) is 86.4 cm³/mol. The fourth-order valence-electron chi connectivity index (χ4n) is 2.89. The molecule has 0 heterocycles. The molecule has 0 atom stereocenters. The Kier molecular flexibility index (Phi) is 6.34. The third-order valence-corrected chi connectivity index (χ3v) is 4.15. The van der Waals surface area contributed by atoms with E-state index in [9.17, 15) is 18.0 Å². The highest BCUT2D eigenvalue weighted by molar-refractivity contribution is 5.91. The molecule has 1 fully saturated rings. The number of hydrogen-bond donors (Lipinski definition) is 2. The van der Waals surface area contributed by atoms with E-state index in [1.54, 1.807) is 12.1 Å². The fourth-order valence-corrected chi connectivity index (χ4v) is 2.89. The number of halogens is 3. The third-order valence-electron chi connectivity index (χ3n) is 4.15. The maximum atomic E-state index is 12.4. The minimum Gasteiger partial charge on any atom is -0.495 e. The number of ether oxygens (including phenoxy) is 1.